The van der Waals surface area contributed by atoms with Gasteiger partial charge in [-0.15, -0.1) is 0 Å². The lowest BCUT2D eigenvalue weighted by molar-refractivity contribution is -0.0176. The van der Waals surface area contributed by atoms with Gasteiger partial charge in [0.05, 0.1) is 25.4 Å². The van der Waals surface area contributed by atoms with E-state index < -0.39 is 0 Å². The number of ether oxygens (including phenoxy) is 1. The summed E-state index contributed by atoms with van der Waals surface area (Å²) in [5.41, 5.74) is 0.834. The topological polar surface area (TPSA) is 88.4 Å². The Bertz CT molecular complexity index is 746. The van der Waals surface area contributed by atoms with Crippen LogP contribution in [0, 0.1) is 0 Å². The van der Waals surface area contributed by atoms with Crippen LogP contribution in [0.5, 0.6) is 0 Å². The first-order chi connectivity index (χ1) is 13.3. The molecule has 2 fully saturated rings. The van der Waals surface area contributed by atoms with Crippen LogP contribution < -0.4 is 10.2 Å². The van der Waals surface area contributed by atoms with Crippen molar-refractivity contribution in [3.8, 4) is 0 Å². The van der Waals surface area contributed by atoms with Gasteiger partial charge in [-0.25, -0.2) is 14.8 Å². The number of morpholine rings is 1. The zero-order valence-electron chi connectivity index (χ0n) is 15.3. The van der Waals surface area contributed by atoms with Crippen molar-refractivity contribution in [1.29, 1.82) is 0 Å². The van der Waals surface area contributed by atoms with E-state index in [9.17, 15) is 4.79 Å². The average Bonchev–Trinajstić information content (AvgIpc) is 3.42. The summed E-state index contributed by atoms with van der Waals surface area (Å²) >= 11 is 0. The van der Waals surface area contributed by atoms with Gasteiger partial charge in [-0.05, 0) is 25.0 Å². The van der Waals surface area contributed by atoms with E-state index in [1.165, 1.54) is 12.8 Å². The maximum Gasteiger partial charge on any atom is 0.317 e. The molecule has 2 aromatic heterocycles. The molecular weight excluding hydrogens is 346 g/mol. The van der Waals surface area contributed by atoms with E-state index in [4.69, 9.17) is 4.74 Å². The molecule has 1 unspecified atom stereocenters. The minimum atomic E-state index is -0.222. The molecule has 27 heavy (non-hydrogen) atoms. The molecule has 0 bridgehead atoms. The van der Waals surface area contributed by atoms with Gasteiger partial charge in [0.25, 0.3) is 0 Å². The molecule has 4 heterocycles. The van der Waals surface area contributed by atoms with E-state index in [0.29, 0.717) is 32.8 Å². The van der Waals surface area contributed by atoms with Gasteiger partial charge in [0.1, 0.15) is 6.10 Å². The molecule has 2 aliphatic heterocycles. The summed E-state index contributed by atoms with van der Waals surface area (Å²) in [6.45, 7) is 4.75. The standard InChI is InChI=1S/C18H25N7O2/c26-18(20-7-11-25-10-3-5-21-25)24-12-13-27-16(14-24)15-4-6-19-17(22-15)23-8-1-2-9-23/h3-6,10,16H,1-2,7-9,11-14H2,(H,20,26). The van der Waals surface area contributed by atoms with Gasteiger partial charge in [0, 0.05) is 44.8 Å². The van der Waals surface area contributed by atoms with E-state index in [-0.39, 0.29) is 12.1 Å². The smallest absolute Gasteiger partial charge is 0.317 e. The Morgan fingerprint density at radius 1 is 1.26 bits per heavy atom. The van der Waals surface area contributed by atoms with Crippen LogP contribution in [0.2, 0.25) is 0 Å². The molecule has 1 atom stereocenters. The summed E-state index contributed by atoms with van der Waals surface area (Å²) in [5.74, 6) is 0.759. The third-order valence-corrected chi connectivity index (χ3v) is 4.91. The molecule has 2 amide bonds. The SMILES string of the molecule is O=C(NCCn1cccn1)N1CCOC(c2ccnc(N3CCCC3)n2)C1. The maximum atomic E-state index is 12.5. The summed E-state index contributed by atoms with van der Waals surface area (Å²) in [6.07, 6.45) is 7.53. The van der Waals surface area contributed by atoms with E-state index in [2.05, 4.69) is 25.3 Å². The highest BCUT2D eigenvalue weighted by molar-refractivity contribution is 5.74. The molecule has 0 spiro atoms. The number of hydrogen-bond donors (Lipinski definition) is 1. The summed E-state index contributed by atoms with van der Waals surface area (Å²) in [7, 11) is 0. The van der Waals surface area contributed by atoms with E-state index in [1.54, 1.807) is 22.0 Å². The highest BCUT2D eigenvalue weighted by Gasteiger charge is 2.27. The van der Waals surface area contributed by atoms with Crippen LogP contribution in [-0.2, 0) is 11.3 Å². The van der Waals surface area contributed by atoms with Gasteiger partial charge < -0.3 is 19.9 Å². The number of anilines is 1. The number of carbonyl (C=O) groups excluding carboxylic acids is 1. The molecular formula is C18H25N7O2. The van der Waals surface area contributed by atoms with Gasteiger partial charge >= 0.3 is 6.03 Å². The number of hydrogen-bond acceptors (Lipinski definition) is 6. The fourth-order valence-electron chi connectivity index (χ4n) is 3.45. The van der Waals surface area contributed by atoms with Crippen molar-refractivity contribution in [3.05, 3.63) is 36.4 Å². The largest absolute Gasteiger partial charge is 0.368 e. The van der Waals surface area contributed by atoms with E-state index in [0.717, 1.165) is 24.7 Å². The molecule has 2 aromatic rings. The normalized spacial score (nSPS) is 20.1. The number of nitrogens with zero attached hydrogens (tertiary/aromatic N) is 6. The van der Waals surface area contributed by atoms with Crippen LogP contribution in [0.25, 0.3) is 0 Å². The summed E-state index contributed by atoms with van der Waals surface area (Å²) in [5, 5.41) is 7.08. The Morgan fingerprint density at radius 2 is 2.15 bits per heavy atom. The Labute approximate surface area is 158 Å². The number of nitrogens with one attached hydrogen (secondary N) is 1. The van der Waals surface area contributed by atoms with Crippen molar-refractivity contribution >= 4 is 12.0 Å². The minimum absolute atomic E-state index is 0.0794. The molecule has 2 saturated heterocycles. The number of aromatic nitrogens is 4. The van der Waals surface area contributed by atoms with Crippen molar-refractivity contribution in [1.82, 2.24) is 30.0 Å². The Kier molecular flexibility index (Phi) is 5.47. The van der Waals surface area contributed by atoms with Crippen LogP contribution in [0.1, 0.15) is 24.6 Å². The second-order valence-electron chi connectivity index (χ2n) is 6.78. The van der Waals surface area contributed by atoms with Crippen molar-refractivity contribution in [3.63, 3.8) is 0 Å². The Hall–Kier alpha value is -2.68. The zero-order chi connectivity index (χ0) is 18.5. The number of rotatable bonds is 5. The number of carbonyl (C=O) groups is 1. The fraction of sp³-hybridized carbons (Fsp3) is 0.556. The lowest BCUT2D eigenvalue weighted by Gasteiger charge is -2.33. The minimum Gasteiger partial charge on any atom is -0.368 e. The second-order valence-corrected chi connectivity index (χ2v) is 6.78. The highest BCUT2D eigenvalue weighted by Crippen LogP contribution is 2.23. The lowest BCUT2D eigenvalue weighted by Crippen LogP contribution is -2.47. The first kappa shape index (κ1) is 17.7. The third kappa shape index (κ3) is 4.36. The molecule has 0 radical (unpaired) electrons. The van der Waals surface area contributed by atoms with Crippen LogP contribution in [0.4, 0.5) is 10.7 Å². The van der Waals surface area contributed by atoms with Gasteiger partial charge in [0.2, 0.25) is 5.95 Å². The molecule has 2 aliphatic rings. The first-order valence-electron chi connectivity index (χ1n) is 9.49. The van der Waals surface area contributed by atoms with E-state index in [1.807, 2.05) is 18.3 Å². The van der Waals surface area contributed by atoms with E-state index >= 15 is 0 Å². The van der Waals surface area contributed by atoms with Gasteiger partial charge in [-0.1, -0.05) is 0 Å². The molecule has 0 aromatic carbocycles. The lowest BCUT2D eigenvalue weighted by atomic mass is 10.2. The quantitative estimate of drug-likeness (QED) is 0.845. The summed E-state index contributed by atoms with van der Waals surface area (Å²) in [6, 6.07) is 3.67. The highest BCUT2D eigenvalue weighted by atomic mass is 16.5. The number of amides is 2. The van der Waals surface area contributed by atoms with Crippen LogP contribution >= 0.6 is 0 Å². The van der Waals surface area contributed by atoms with Crippen LogP contribution in [0.3, 0.4) is 0 Å². The Morgan fingerprint density at radius 3 is 2.96 bits per heavy atom. The molecule has 0 aliphatic carbocycles. The Balaban J connectivity index is 1.33. The zero-order valence-corrected chi connectivity index (χ0v) is 15.3. The number of urea groups is 1. The monoisotopic (exact) mass is 371 g/mol. The third-order valence-electron chi connectivity index (χ3n) is 4.91. The maximum absolute atomic E-state index is 12.5. The van der Waals surface area contributed by atoms with Crippen molar-refractivity contribution in [2.75, 3.05) is 44.2 Å². The van der Waals surface area contributed by atoms with Crippen molar-refractivity contribution in [2.45, 2.75) is 25.5 Å². The second kappa shape index (κ2) is 8.34. The first-order valence-corrected chi connectivity index (χ1v) is 9.49. The predicted molar refractivity (Wildman–Crippen MR) is 99.4 cm³/mol. The average molecular weight is 371 g/mol. The van der Waals surface area contributed by atoms with Crippen molar-refractivity contribution in [2.24, 2.45) is 0 Å². The fourth-order valence-corrected chi connectivity index (χ4v) is 3.45. The molecule has 144 valence electrons. The van der Waals surface area contributed by atoms with Gasteiger partial charge in [-0.3, -0.25) is 4.68 Å². The molecule has 1 N–H and O–H groups in total. The molecule has 4 rings (SSSR count). The summed E-state index contributed by atoms with van der Waals surface area (Å²) in [4.78, 5) is 25.5. The molecule has 0 saturated carbocycles. The molecule has 9 heteroatoms. The van der Waals surface area contributed by atoms with Gasteiger partial charge in [-0.2, -0.15) is 5.10 Å². The van der Waals surface area contributed by atoms with Gasteiger partial charge in [0.15, 0.2) is 0 Å². The molecule has 9 nitrogen and oxygen atoms in total. The summed E-state index contributed by atoms with van der Waals surface area (Å²) < 4.78 is 7.68. The van der Waals surface area contributed by atoms with Crippen LogP contribution in [0.15, 0.2) is 30.7 Å². The predicted octanol–water partition coefficient (Wildman–Crippen LogP) is 1.06. The van der Waals surface area contributed by atoms with Crippen molar-refractivity contribution < 1.29 is 9.53 Å². The van der Waals surface area contributed by atoms with Crippen LogP contribution in [-0.4, -0.2) is 70.0 Å².